The summed E-state index contributed by atoms with van der Waals surface area (Å²) in [5.74, 6) is -0.194. The van der Waals surface area contributed by atoms with Crippen LogP contribution in [-0.4, -0.2) is 30.8 Å². The Kier molecular flexibility index (Phi) is 3.59. The molecule has 0 aliphatic carbocycles. The summed E-state index contributed by atoms with van der Waals surface area (Å²) in [7, 11) is 1.82. The Morgan fingerprint density at radius 2 is 2.22 bits per heavy atom. The molecule has 1 fully saturated rings. The lowest BCUT2D eigenvalue weighted by Gasteiger charge is -2.26. The molecule has 2 atom stereocenters. The molecule has 100 valence electrons. The zero-order chi connectivity index (χ0) is 13.3. The highest BCUT2D eigenvalue weighted by Crippen LogP contribution is 2.33. The van der Waals surface area contributed by atoms with Crippen LogP contribution in [0.4, 0.5) is 10.1 Å². The second kappa shape index (κ2) is 4.86. The Hall–Kier alpha value is -1.13. The van der Waals surface area contributed by atoms with Crippen LogP contribution in [0.15, 0.2) is 18.2 Å². The first kappa shape index (κ1) is 13.3. The molecule has 1 heterocycles. The van der Waals surface area contributed by atoms with Gasteiger partial charge in [0.05, 0.1) is 5.60 Å². The average Bonchev–Trinajstić information content (AvgIpc) is 2.68. The highest BCUT2D eigenvalue weighted by atomic mass is 19.1. The lowest BCUT2D eigenvalue weighted by Crippen LogP contribution is -2.31. The van der Waals surface area contributed by atoms with Crippen LogP contribution >= 0.6 is 0 Å². The number of aliphatic hydroxyl groups is 1. The van der Waals surface area contributed by atoms with Crippen molar-refractivity contribution in [1.29, 1.82) is 0 Å². The highest BCUT2D eigenvalue weighted by molar-refractivity contribution is 5.56. The van der Waals surface area contributed by atoms with Gasteiger partial charge in [-0.25, -0.2) is 4.39 Å². The van der Waals surface area contributed by atoms with Crippen LogP contribution in [0, 0.1) is 5.82 Å². The minimum Gasteiger partial charge on any atom is -0.388 e. The molecule has 2 rings (SSSR count). The number of rotatable bonds is 3. The topological polar surface area (TPSA) is 35.5 Å². The number of anilines is 1. The predicted molar refractivity (Wildman–Crippen MR) is 71.3 cm³/mol. The van der Waals surface area contributed by atoms with Gasteiger partial charge in [0, 0.05) is 30.4 Å². The second-order valence-electron chi connectivity index (χ2n) is 5.35. The molecule has 0 aromatic heterocycles. The first-order chi connectivity index (χ1) is 8.44. The molecule has 1 aromatic carbocycles. The number of halogens is 1. The quantitative estimate of drug-likeness (QED) is 0.864. The maximum Gasteiger partial charge on any atom is 0.130 e. The van der Waals surface area contributed by atoms with Gasteiger partial charge in [0.15, 0.2) is 0 Å². The zero-order valence-corrected chi connectivity index (χ0v) is 11.2. The fourth-order valence-corrected chi connectivity index (χ4v) is 2.53. The maximum absolute atomic E-state index is 14.0. The lowest BCUT2D eigenvalue weighted by atomic mass is 10.0. The van der Waals surface area contributed by atoms with Gasteiger partial charge in [0.2, 0.25) is 0 Å². The third-order valence-electron chi connectivity index (χ3n) is 3.69. The van der Waals surface area contributed by atoms with E-state index in [1.165, 1.54) is 6.07 Å². The largest absolute Gasteiger partial charge is 0.388 e. The number of nitrogens with zero attached hydrogens (tertiary/aromatic N) is 1. The molecule has 0 spiro atoms. The fraction of sp³-hybridized carbons (Fsp3) is 0.571. The smallest absolute Gasteiger partial charge is 0.130 e. The molecule has 0 amide bonds. The molecule has 1 saturated heterocycles. The third kappa shape index (κ3) is 2.49. The summed E-state index contributed by atoms with van der Waals surface area (Å²) in [6, 6.07) is 5.09. The standard InChI is InChI=1S/C14H21FN2O/c1-10(16-3)13-11(15)5-4-6-12(13)17-8-7-14(2,18)9-17/h4-6,10,16,18H,7-9H2,1-3H3. The van der Waals surface area contributed by atoms with Crippen molar-refractivity contribution in [3.63, 3.8) is 0 Å². The summed E-state index contributed by atoms with van der Waals surface area (Å²) in [4.78, 5) is 2.06. The van der Waals surface area contributed by atoms with Crippen LogP contribution in [0.2, 0.25) is 0 Å². The summed E-state index contributed by atoms with van der Waals surface area (Å²) >= 11 is 0. The van der Waals surface area contributed by atoms with Crippen molar-refractivity contribution in [1.82, 2.24) is 5.32 Å². The van der Waals surface area contributed by atoms with Crippen molar-refractivity contribution in [3.05, 3.63) is 29.6 Å². The predicted octanol–water partition coefficient (Wildman–Crippen LogP) is 2.07. The highest BCUT2D eigenvalue weighted by Gasteiger charge is 2.33. The Morgan fingerprint density at radius 3 is 2.78 bits per heavy atom. The Bertz CT molecular complexity index is 434. The van der Waals surface area contributed by atoms with Crippen molar-refractivity contribution in [2.45, 2.75) is 31.9 Å². The normalized spacial score (nSPS) is 25.5. The summed E-state index contributed by atoms with van der Waals surface area (Å²) < 4.78 is 14.0. The molecule has 0 saturated carbocycles. The molecular formula is C14H21FN2O. The van der Waals surface area contributed by atoms with Crippen molar-refractivity contribution in [2.75, 3.05) is 25.0 Å². The van der Waals surface area contributed by atoms with Crippen LogP contribution in [0.3, 0.4) is 0 Å². The van der Waals surface area contributed by atoms with Crippen molar-refractivity contribution in [2.24, 2.45) is 0 Å². The number of nitrogens with one attached hydrogen (secondary N) is 1. The molecule has 0 radical (unpaired) electrons. The monoisotopic (exact) mass is 252 g/mol. The van der Waals surface area contributed by atoms with Crippen LogP contribution < -0.4 is 10.2 Å². The molecule has 3 nitrogen and oxygen atoms in total. The van der Waals surface area contributed by atoms with Crippen LogP contribution in [0.25, 0.3) is 0 Å². The molecule has 2 N–H and O–H groups in total. The first-order valence-electron chi connectivity index (χ1n) is 6.37. The van der Waals surface area contributed by atoms with E-state index in [1.54, 1.807) is 6.07 Å². The second-order valence-corrected chi connectivity index (χ2v) is 5.35. The lowest BCUT2D eigenvalue weighted by molar-refractivity contribution is 0.0839. The van der Waals surface area contributed by atoms with Crippen LogP contribution in [0.5, 0.6) is 0 Å². The molecule has 1 aromatic rings. The molecule has 0 bridgehead atoms. The minimum atomic E-state index is -0.674. The molecule has 1 aliphatic rings. The van der Waals surface area contributed by atoms with Crippen molar-refractivity contribution >= 4 is 5.69 Å². The maximum atomic E-state index is 14.0. The van der Waals surface area contributed by atoms with Crippen LogP contribution in [0.1, 0.15) is 31.9 Å². The van der Waals surface area contributed by atoms with E-state index in [4.69, 9.17) is 0 Å². The van der Waals surface area contributed by atoms with Crippen molar-refractivity contribution < 1.29 is 9.50 Å². The van der Waals surface area contributed by atoms with E-state index in [0.717, 1.165) is 18.7 Å². The van der Waals surface area contributed by atoms with E-state index in [1.807, 2.05) is 27.0 Å². The van der Waals surface area contributed by atoms with E-state index in [9.17, 15) is 9.50 Å². The first-order valence-corrected chi connectivity index (χ1v) is 6.37. The molecule has 4 heteroatoms. The van der Waals surface area contributed by atoms with Gasteiger partial charge in [0.25, 0.3) is 0 Å². The van der Waals surface area contributed by atoms with Crippen LogP contribution in [-0.2, 0) is 0 Å². The fourth-order valence-electron chi connectivity index (χ4n) is 2.53. The summed E-state index contributed by atoms with van der Waals surface area (Å²) in [6.45, 7) is 5.09. The molecule has 2 unspecified atom stereocenters. The van der Waals surface area contributed by atoms with E-state index < -0.39 is 5.60 Å². The number of hydrogen-bond donors (Lipinski definition) is 2. The van der Waals surface area contributed by atoms with E-state index in [2.05, 4.69) is 10.2 Å². The molecule has 18 heavy (non-hydrogen) atoms. The Balaban J connectivity index is 2.36. The van der Waals surface area contributed by atoms with Gasteiger partial charge in [-0.05, 0) is 39.4 Å². The van der Waals surface area contributed by atoms with Gasteiger partial charge >= 0.3 is 0 Å². The summed E-state index contributed by atoms with van der Waals surface area (Å²) in [5, 5.41) is 13.1. The minimum absolute atomic E-state index is 0.0493. The third-order valence-corrected chi connectivity index (χ3v) is 3.69. The average molecular weight is 252 g/mol. The van der Waals surface area contributed by atoms with Gasteiger partial charge in [0.1, 0.15) is 5.82 Å². The molecular weight excluding hydrogens is 231 g/mol. The Morgan fingerprint density at radius 1 is 1.50 bits per heavy atom. The van der Waals surface area contributed by atoms with Gasteiger partial charge in [-0.15, -0.1) is 0 Å². The zero-order valence-electron chi connectivity index (χ0n) is 11.2. The number of β-amino-alcohol motifs (C(OH)–C–C–N with tert-alkyl or cyclic N) is 1. The van der Waals surface area contributed by atoms with Gasteiger partial charge in [-0.2, -0.15) is 0 Å². The van der Waals surface area contributed by atoms with Crippen molar-refractivity contribution in [3.8, 4) is 0 Å². The summed E-state index contributed by atoms with van der Waals surface area (Å²) in [5.41, 5.74) is 0.888. The van der Waals surface area contributed by atoms with Gasteiger partial charge in [-0.1, -0.05) is 6.07 Å². The SMILES string of the molecule is CNC(C)c1c(F)cccc1N1CCC(C)(O)C1. The van der Waals surface area contributed by atoms with E-state index in [-0.39, 0.29) is 11.9 Å². The molecule has 1 aliphatic heterocycles. The van der Waals surface area contributed by atoms with Gasteiger partial charge in [-0.3, -0.25) is 0 Å². The van der Waals surface area contributed by atoms with E-state index in [0.29, 0.717) is 12.1 Å². The Labute approximate surface area is 108 Å². The number of hydrogen-bond acceptors (Lipinski definition) is 3. The van der Waals surface area contributed by atoms with E-state index >= 15 is 0 Å². The van der Waals surface area contributed by atoms with Gasteiger partial charge < -0.3 is 15.3 Å². The summed E-state index contributed by atoms with van der Waals surface area (Å²) in [6.07, 6.45) is 0.719. The number of benzene rings is 1.